The van der Waals surface area contributed by atoms with Crippen molar-refractivity contribution in [2.24, 2.45) is 5.92 Å². The maximum atomic E-state index is 13.2. The topological polar surface area (TPSA) is 0 Å². The van der Waals surface area contributed by atoms with E-state index in [-0.39, 0.29) is 24.7 Å². The highest BCUT2D eigenvalue weighted by Gasteiger charge is 2.40. The van der Waals surface area contributed by atoms with Gasteiger partial charge in [0, 0.05) is 23.2 Å². The van der Waals surface area contributed by atoms with Gasteiger partial charge in [0.15, 0.2) is 0 Å². The van der Waals surface area contributed by atoms with Gasteiger partial charge >= 0.3 is 0 Å². The molecule has 18 heavy (non-hydrogen) atoms. The molecule has 1 fully saturated rings. The highest BCUT2D eigenvalue weighted by atomic mass is 79.9. The molecule has 1 saturated carbocycles. The summed E-state index contributed by atoms with van der Waals surface area (Å²) in [5, 5.41) is 0. The summed E-state index contributed by atoms with van der Waals surface area (Å²) in [7, 11) is 0. The molecule has 0 radical (unpaired) electrons. The fourth-order valence-electron chi connectivity index (χ4n) is 2.72. The van der Waals surface area contributed by atoms with E-state index in [1.165, 1.54) is 0 Å². The van der Waals surface area contributed by atoms with E-state index in [1.54, 1.807) is 0 Å². The number of rotatable bonds is 4. The minimum absolute atomic E-state index is 0.0187. The molecule has 1 aliphatic carbocycles. The van der Waals surface area contributed by atoms with E-state index in [2.05, 4.69) is 15.9 Å². The zero-order valence-corrected chi connectivity index (χ0v) is 12.4. The summed E-state index contributed by atoms with van der Waals surface area (Å²) in [4.78, 5) is 0. The molecular weight excluding hydrogens is 322 g/mol. The molecule has 2 unspecified atom stereocenters. The molecule has 1 aromatic rings. The van der Waals surface area contributed by atoms with Gasteiger partial charge in [0.25, 0.3) is 0 Å². The third-order valence-electron chi connectivity index (χ3n) is 3.65. The standard InChI is InChI=1S/C14H16BrClF2/c15-13-4-2-1-3-12(13)11(9-16)7-10-5-6-14(17,18)8-10/h1-4,10-11H,5-9H2. The van der Waals surface area contributed by atoms with Crippen LogP contribution in [0.3, 0.4) is 0 Å². The van der Waals surface area contributed by atoms with Crippen LogP contribution in [0.15, 0.2) is 28.7 Å². The minimum atomic E-state index is -2.46. The second-order valence-corrected chi connectivity index (χ2v) is 6.24. The highest BCUT2D eigenvalue weighted by molar-refractivity contribution is 9.10. The molecule has 0 N–H and O–H groups in total. The Morgan fingerprint density at radius 3 is 2.67 bits per heavy atom. The molecule has 0 aromatic heterocycles. The Balaban J connectivity index is 2.05. The van der Waals surface area contributed by atoms with Crippen LogP contribution >= 0.6 is 27.5 Å². The summed E-state index contributed by atoms with van der Waals surface area (Å²) in [6.07, 6.45) is 1.42. The van der Waals surface area contributed by atoms with Gasteiger partial charge < -0.3 is 0 Å². The van der Waals surface area contributed by atoms with Crippen LogP contribution in [0.4, 0.5) is 8.78 Å². The van der Waals surface area contributed by atoms with Gasteiger partial charge in [0.05, 0.1) is 0 Å². The SMILES string of the molecule is FC1(F)CCC(CC(CCl)c2ccccc2Br)C1. The van der Waals surface area contributed by atoms with Crippen LogP contribution in [0.1, 0.15) is 37.2 Å². The Hall–Kier alpha value is -0.150. The highest BCUT2D eigenvalue weighted by Crippen LogP contribution is 2.43. The van der Waals surface area contributed by atoms with Crippen LogP contribution in [0.25, 0.3) is 0 Å². The fourth-order valence-corrected chi connectivity index (χ4v) is 3.63. The first kappa shape index (κ1) is 14.3. The maximum absolute atomic E-state index is 13.2. The van der Waals surface area contributed by atoms with Crippen LogP contribution in [0.5, 0.6) is 0 Å². The molecule has 1 aromatic carbocycles. The average Bonchev–Trinajstić information content (AvgIpc) is 2.67. The molecule has 0 bridgehead atoms. The lowest BCUT2D eigenvalue weighted by Gasteiger charge is -2.20. The number of hydrogen-bond acceptors (Lipinski definition) is 0. The third-order valence-corrected chi connectivity index (χ3v) is 4.75. The zero-order valence-electron chi connectivity index (χ0n) is 10.0. The first-order valence-electron chi connectivity index (χ1n) is 6.20. The fraction of sp³-hybridized carbons (Fsp3) is 0.571. The van der Waals surface area contributed by atoms with Gasteiger partial charge in [-0.3, -0.25) is 0 Å². The summed E-state index contributed by atoms with van der Waals surface area (Å²) in [5.41, 5.74) is 1.13. The monoisotopic (exact) mass is 336 g/mol. The molecule has 0 heterocycles. The first-order valence-corrected chi connectivity index (χ1v) is 7.53. The lowest BCUT2D eigenvalue weighted by molar-refractivity contribution is 0.00451. The predicted molar refractivity (Wildman–Crippen MR) is 74.5 cm³/mol. The molecule has 2 atom stereocenters. The summed E-state index contributed by atoms with van der Waals surface area (Å²) in [6.45, 7) is 0. The molecular formula is C14H16BrClF2. The van der Waals surface area contributed by atoms with Crippen LogP contribution in [0, 0.1) is 5.92 Å². The van der Waals surface area contributed by atoms with Gasteiger partial charge in [-0.25, -0.2) is 8.78 Å². The van der Waals surface area contributed by atoms with E-state index in [1.807, 2.05) is 24.3 Å². The predicted octanol–water partition coefficient (Wildman–Crippen LogP) is 5.60. The summed E-state index contributed by atoms with van der Waals surface area (Å²) >= 11 is 9.52. The van der Waals surface area contributed by atoms with Crippen molar-refractivity contribution in [1.82, 2.24) is 0 Å². The Morgan fingerprint density at radius 1 is 1.39 bits per heavy atom. The molecule has 0 nitrogen and oxygen atoms in total. The molecule has 4 heteroatoms. The normalized spacial score (nSPS) is 24.1. The van der Waals surface area contributed by atoms with E-state index in [0.717, 1.165) is 16.5 Å². The van der Waals surface area contributed by atoms with Crippen LogP contribution in [-0.4, -0.2) is 11.8 Å². The molecule has 0 saturated heterocycles. The summed E-state index contributed by atoms with van der Waals surface area (Å²) in [6, 6.07) is 7.90. The number of halogens is 4. The molecule has 0 spiro atoms. The minimum Gasteiger partial charge on any atom is -0.207 e. The summed E-state index contributed by atoms with van der Waals surface area (Å²) < 4.78 is 27.4. The largest absolute Gasteiger partial charge is 0.248 e. The lowest BCUT2D eigenvalue weighted by atomic mass is 9.89. The number of hydrogen-bond donors (Lipinski definition) is 0. The molecule has 100 valence electrons. The van der Waals surface area contributed by atoms with Crippen molar-refractivity contribution in [1.29, 1.82) is 0 Å². The molecule has 0 amide bonds. The van der Waals surface area contributed by atoms with Crippen LogP contribution in [-0.2, 0) is 0 Å². The number of benzene rings is 1. The van der Waals surface area contributed by atoms with Crippen molar-refractivity contribution < 1.29 is 8.78 Å². The molecule has 1 aliphatic rings. The quantitative estimate of drug-likeness (QED) is 0.628. The third kappa shape index (κ3) is 3.45. The second-order valence-electron chi connectivity index (χ2n) is 5.07. The van der Waals surface area contributed by atoms with E-state index < -0.39 is 5.92 Å². The van der Waals surface area contributed by atoms with Gasteiger partial charge in [0.2, 0.25) is 5.92 Å². The zero-order chi connectivity index (χ0) is 13.2. The second kappa shape index (κ2) is 5.87. The van der Waals surface area contributed by atoms with Gasteiger partial charge in [-0.2, -0.15) is 0 Å². The van der Waals surface area contributed by atoms with E-state index in [4.69, 9.17) is 11.6 Å². The molecule has 0 aliphatic heterocycles. The van der Waals surface area contributed by atoms with Crippen molar-refractivity contribution in [2.75, 3.05) is 5.88 Å². The summed E-state index contributed by atoms with van der Waals surface area (Å²) in [5.74, 6) is -1.74. The maximum Gasteiger partial charge on any atom is 0.248 e. The Labute approximate surface area is 120 Å². The van der Waals surface area contributed by atoms with Crippen LogP contribution < -0.4 is 0 Å². The lowest BCUT2D eigenvalue weighted by Crippen LogP contribution is -2.12. The van der Waals surface area contributed by atoms with E-state index in [0.29, 0.717) is 12.3 Å². The van der Waals surface area contributed by atoms with Crippen molar-refractivity contribution >= 4 is 27.5 Å². The molecule has 2 rings (SSSR count). The van der Waals surface area contributed by atoms with Gasteiger partial charge in [0.1, 0.15) is 0 Å². The average molecular weight is 338 g/mol. The van der Waals surface area contributed by atoms with E-state index in [9.17, 15) is 8.78 Å². The Kier molecular flexibility index (Phi) is 4.65. The number of alkyl halides is 3. The first-order chi connectivity index (χ1) is 8.52. The van der Waals surface area contributed by atoms with Crippen molar-refractivity contribution in [3.63, 3.8) is 0 Å². The smallest absolute Gasteiger partial charge is 0.207 e. The van der Waals surface area contributed by atoms with Crippen molar-refractivity contribution in [3.8, 4) is 0 Å². The van der Waals surface area contributed by atoms with Gasteiger partial charge in [-0.05, 0) is 36.3 Å². The van der Waals surface area contributed by atoms with Crippen molar-refractivity contribution in [3.05, 3.63) is 34.3 Å². The van der Waals surface area contributed by atoms with Gasteiger partial charge in [-0.1, -0.05) is 34.1 Å². The Bertz CT molecular complexity index is 409. The van der Waals surface area contributed by atoms with E-state index >= 15 is 0 Å². The Morgan fingerprint density at radius 2 is 2.11 bits per heavy atom. The van der Waals surface area contributed by atoms with Gasteiger partial charge in [-0.15, -0.1) is 11.6 Å². The van der Waals surface area contributed by atoms with Crippen LogP contribution in [0.2, 0.25) is 0 Å². The van der Waals surface area contributed by atoms with Crippen molar-refractivity contribution in [2.45, 2.75) is 37.5 Å².